The Morgan fingerprint density at radius 1 is 1.11 bits per heavy atom. The SMILES string of the molecule is CC(C)N(C(=O)c1cc(NC(=O)c2cccc(C#N)c2)c(=O)n(C)c1)C(C)C. The van der Waals surface area contributed by atoms with Gasteiger partial charge in [0.2, 0.25) is 0 Å². The lowest BCUT2D eigenvalue weighted by Crippen LogP contribution is -2.42. The van der Waals surface area contributed by atoms with Crippen LogP contribution in [-0.4, -0.2) is 33.4 Å². The summed E-state index contributed by atoms with van der Waals surface area (Å²) in [6.07, 6.45) is 1.47. The third-order valence-corrected chi connectivity index (χ3v) is 4.28. The average molecular weight is 380 g/mol. The highest BCUT2D eigenvalue weighted by atomic mass is 16.2. The number of rotatable bonds is 5. The van der Waals surface area contributed by atoms with Crippen LogP contribution in [0.4, 0.5) is 5.69 Å². The second-order valence-electron chi connectivity index (χ2n) is 7.11. The van der Waals surface area contributed by atoms with Crippen molar-refractivity contribution in [2.45, 2.75) is 39.8 Å². The van der Waals surface area contributed by atoms with E-state index in [9.17, 15) is 14.4 Å². The van der Waals surface area contributed by atoms with Crippen molar-refractivity contribution in [1.82, 2.24) is 9.47 Å². The van der Waals surface area contributed by atoms with Crippen LogP contribution in [0.2, 0.25) is 0 Å². The molecule has 0 fully saturated rings. The van der Waals surface area contributed by atoms with Gasteiger partial charge in [0.25, 0.3) is 17.4 Å². The Labute approximate surface area is 164 Å². The van der Waals surface area contributed by atoms with E-state index in [-0.39, 0.29) is 29.2 Å². The summed E-state index contributed by atoms with van der Waals surface area (Å²) >= 11 is 0. The van der Waals surface area contributed by atoms with E-state index in [0.29, 0.717) is 11.1 Å². The Balaban J connectivity index is 2.40. The zero-order valence-corrected chi connectivity index (χ0v) is 16.7. The summed E-state index contributed by atoms with van der Waals surface area (Å²) < 4.78 is 1.27. The van der Waals surface area contributed by atoms with E-state index in [2.05, 4.69) is 5.32 Å². The molecule has 0 spiro atoms. The third kappa shape index (κ3) is 4.46. The number of amides is 2. The van der Waals surface area contributed by atoms with Gasteiger partial charge in [-0.15, -0.1) is 0 Å². The number of hydrogen-bond acceptors (Lipinski definition) is 4. The molecule has 0 aliphatic rings. The second kappa shape index (κ2) is 8.53. The normalized spacial score (nSPS) is 10.6. The number of carbonyl (C=O) groups is 2. The molecule has 146 valence electrons. The molecule has 1 aromatic carbocycles. The fraction of sp³-hybridized carbons (Fsp3) is 0.333. The van der Waals surface area contributed by atoms with Crippen molar-refractivity contribution in [2.75, 3.05) is 5.32 Å². The summed E-state index contributed by atoms with van der Waals surface area (Å²) in [4.78, 5) is 39.6. The lowest BCUT2D eigenvalue weighted by molar-refractivity contribution is 0.0642. The molecule has 1 N–H and O–H groups in total. The maximum atomic E-state index is 12.9. The summed E-state index contributed by atoms with van der Waals surface area (Å²) in [5.41, 5.74) is 0.485. The maximum Gasteiger partial charge on any atom is 0.274 e. The monoisotopic (exact) mass is 380 g/mol. The molecule has 28 heavy (non-hydrogen) atoms. The molecule has 2 rings (SSSR count). The van der Waals surface area contributed by atoms with Gasteiger partial charge < -0.3 is 14.8 Å². The minimum absolute atomic E-state index is 0.00757. The van der Waals surface area contributed by atoms with Crippen LogP contribution in [0.15, 0.2) is 41.3 Å². The van der Waals surface area contributed by atoms with Crippen LogP contribution in [0.1, 0.15) is 54.0 Å². The number of nitriles is 1. The molecule has 7 nitrogen and oxygen atoms in total. The quantitative estimate of drug-likeness (QED) is 0.863. The second-order valence-corrected chi connectivity index (χ2v) is 7.11. The highest BCUT2D eigenvalue weighted by molar-refractivity contribution is 6.05. The molecule has 0 radical (unpaired) electrons. The molecule has 0 aliphatic heterocycles. The molecular formula is C21H24N4O3. The maximum absolute atomic E-state index is 12.9. The summed E-state index contributed by atoms with van der Waals surface area (Å²) in [6, 6.07) is 9.50. The number of benzene rings is 1. The van der Waals surface area contributed by atoms with Crippen molar-refractivity contribution in [1.29, 1.82) is 5.26 Å². The average Bonchev–Trinajstić information content (AvgIpc) is 2.64. The standard InChI is InChI=1S/C21H24N4O3/c1-13(2)25(14(3)4)20(27)17-10-18(21(28)24(5)12-17)23-19(26)16-8-6-7-15(9-16)11-22/h6-10,12-14H,1-5H3,(H,23,26). The number of carbonyl (C=O) groups excluding carboxylic acids is 2. The highest BCUT2D eigenvalue weighted by Gasteiger charge is 2.23. The van der Waals surface area contributed by atoms with E-state index in [4.69, 9.17) is 5.26 Å². The molecule has 2 amide bonds. The van der Waals surface area contributed by atoms with E-state index in [0.717, 1.165) is 0 Å². The van der Waals surface area contributed by atoms with E-state index in [1.54, 1.807) is 23.1 Å². The van der Waals surface area contributed by atoms with Crippen LogP contribution in [-0.2, 0) is 7.05 Å². The van der Waals surface area contributed by atoms with Crippen molar-refractivity contribution in [3.63, 3.8) is 0 Å². The van der Waals surface area contributed by atoms with Gasteiger partial charge in [-0.05, 0) is 52.0 Å². The van der Waals surface area contributed by atoms with Crippen LogP contribution >= 0.6 is 0 Å². The Kier molecular flexibility index (Phi) is 6.37. The van der Waals surface area contributed by atoms with Crippen LogP contribution in [0.5, 0.6) is 0 Å². The van der Waals surface area contributed by atoms with Crippen molar-refractivity contribution in [2.24, 2.45) is 7.05 Å². The van der Waals surface area contributed by atoms with Crippen LogP contribution in [0.25, 0.3) is 0 Å². The lowest BCUT2D eigenvalue weighted by atomic mass is 10.1. The molecule has 0 bridgehead atoms. The smallest absolute Gasteiger partial charge is 0.274 e. The van der Waals surface area contributed by atoms with Crippen molar-refractivity contribution < 1.29 is 9.59 Å². The molecule has 0 saturated carbocycles. The van der Waals surface area contributed by atoms with Gasteiger partial charge in [-0.25, -0.2) is 0 Å². The van der Waals surface area contributed by atoms with Crippen LogP contribution < -0.4 is 10.9 Å². The number of nitrogens with one attached hydrogen (secondary N) is 1. The summed E-state index contributed by atoms with van der Waals surface area (Å²) in [6.45, 7) is 7.69. The first-order valence-electron chi connectivity index (χ1n) is 9.00. The molecule has 7 heteroatoms. The fourth-order valence-corrected chi connectivity index (χ4v) is 3.06. The Hall–Kier alpha value is -3.40. The van der Waals surface area contributed by atoms with Crippen LogP contribution in [0.3, 0.4) is 0 Å². The minimum atomic E-state index is -0.525. The number of pyridine rings is 1. The number of nitrogens with zero attached hydrogens (tertiary/aromatic N) is 3. The Bertz CT molecular complexity index is 991. The van der Waals surface area contributed by atoms with E-state index in [1.807, 2.05) is 33.8 Å². The van der Waals surface area contributed by atoms with Gasteiger partial charge in [-0.1, -0.05) is 6.07 Å². The van der Waals surface area contributed by atoms with Crippen molar-refractivity contribution >= 4 is 17.5 Å². The highest BCUT2D eigenvalue weighted by Crippen LogP contribution is 2.15. The number of aromatic nitrogens is 1. The number of aryl methyl sites for hydroxylation is 1. The predicted molar refractivity (Wildman–Crippen MR) is 107 cm³/mol. The lowest BCUT2D eigenvalue weighted by Gasteiger charge is -2.31. The summed E-state index contributed by atoms with van der Waals surface area (Å²) in [7, 11) is 1.53. The van der Waals surface area contributed by atoms with Crippen molar-refractivity contribution in [3.8, 4) is 6.07 Å². The molecule has 0 atom stereocenters. The summed E-state index contributed by atoms with van der Waals surface area (Å²) in [5, 5.41) is 11.5. The van der Waals surface area contributed by atoms with Gasteiger partial charge in [0.1, 0.15) is 5.69 Å². The molecule has 0 saturated heterocycles. The van der Waals surface area contributed by atoms with Gasteiger partial charge in [-0.3, -0.25) is 14.4 Å². The van der Waals surface area contributed by atoms with Gasteiger partial charge in [0.05, 0.1) is 17.2 Å². The zero-order valence-electron chi connectivity index (χ0n) is 16.7. The Morgan fingerprint density at radius 2 is 1.75 bits per heavy atom. The molecule has 1 heterocycles. The first kappa shape index (κ1) is 20.9. The zero-order chi connectivity index (χ0) is 21.0. The molecule has 0 aliphatic carbocycles. The molecular weight excluding hydrogens is 356 g/mol. The summed E-state index contributed by atoms with van der Waals surface area (Å²) in [5.74, 6) is -0.744. The van der Waals surface area contributed by atoms with Gasteiger partial charge in [-0.2, -0.15) is 5.26 Å². The van der Waals surface area contributed by atoms with E-state index in [1.165, 1.54) is 29.9 Å². The largest absolute Gasteiger partial charge is 0.334 e. The fourth-order valence-electron chi connectivity index (χ4n) is 3.06. The molecule has 1 aromatic heterocycles. The third-order valence-electron chi connectivity index (χ3n) is 4.28. The molecule has 2 aromatic rings. The van der Waals surface area contributed by atoms with Gasteiger partial charge >= 0.3 is 0 Å². The van der Waals surface area contributed by atoms with E-state index >= 15 is 0 Å². The number of hydrogen-bond donors (Lipinski definition) is 1. The van der Waals surface area contributed by atoms with Crippen molar-refractivity contribution in [3.05, 3.63) is 63.6 Å². The minimum Gasteiger partial charge on any atom is -0.334 e. The Morgan fingerprint density at radius 3 is 2.32 bits per heavy atom. The predicted octanol–water partition coefficient (Wildman–Crippen LogP) is 2.77. The van der Waals surface area contributed by atoms with Crippen LogP contribution in [0, 0.1) is 11.3 Å². The van der Waals surface area contributed by atoms with Gasteiger partial charge in [0.15, 0.2) is 0 Å². The van der Waals surface area contributed by atoms with E-state index < -0.39 is 11.5 Å². The number of anilines is 1. The first-order chi connectivity index (χ1) is 13.1. The van der Waals surface area contributed by atoms with Gasteiger partial charge in [0, 0.05) is 30.9 Å². The first-order valence-corrected chi connectivity index (χ1v) is 9.00. The topological polar surface area (TPSA) is 95.2 Å². The molecule has 0 unspecified atom stereocenters.